The van der Waals surface area contributed by atoms with Crippen molar-refractivity contribution >= 4 is 78.3 Å². The highest BCUT2D eigenvalue weighted by Gasteiger charge is 2.33. The first-order chi connectivity index (χ1) is 21.4. The van der Waals surface area contributed by atoms with Crippen molar-refractivity contribution < 1.29 is 22.8 Å². The minimum atomic E-state index is -4.54. The minimum absolute atomic E-state index is 0.0841. The second-order valence-electron chi connectivity index (χ2n) is 10.3. The van der Waals surface area contributed by atoms with Gasteiger partial charge in [-0.2, -0.15) is 13.2 Å². The van der Waals surface area contributed by atoms with E-state index >= 15 is 0 Å². The molecule has 2 aromatic heterocycles. The van der Waals surface area contributed by atoms with Crippen molar-refractivity contribution in [2.24, 2.45) is 0 Å². The topological polar surface area (TPSA) is 85.7 Å². The number of carbonyl (C=O) groups excluding carboxylic acids is 2. The Balaban J connectivity index is 0.000000179. The van der Waals surface area contributed by atoms with Crippen LogP contribution in [0.25, 0.3) is 20.4 Å². The lowest BCUT2D eigenvalue weighted by Crippen LogP contribution is -2.10. The number of ketones is 2. The second-order valence-corrected chi connectivity index (χ2v) is 12.7. The molecule has 0 spiro atoms. The van der Waals surface area contributed by atoms with E-state index in [2.05, 4.69) is 19.2 Å². The maximum absolute atomic E-state index is 12.9. The zero-order valence-electron chi connectivity index (χ0n) is 23.6. The molecule has 45 heavy (non-hydrogen) atoms. The molecule has 0 fully saturated rings. The molecule has 6 nitrogen and oxygen atoms in total. The van der Waals surface area contributed by atoms with Crippen LogP contribution in [0.4, 0.5) is 13.2 Å². The van der Waals surface area contributed by atoms with E-state index in [9.17, 15) is 22.8 Å². The molecule has 230 valence electrons. The number of hydrogen-bond acceptors (Lipinski definition) is 8. The monoisotopic (exact) mass is 686 g/mol. The van der Waals surface area contributed by atoms with Gasteiger partial charge in [0.1, 0.15) is 22.6 Å². The molecule has 4 aromatic carbocycles. The fraction of sp³-hybridized carbons (Fsp3) is 0.188. The Morgan fingerprint density at radius 3 is 1.58 bits per heavy atom. The smallest absolute Gasteiger partial charge is 0.299 e. The number of halogens is 5. The Morgan fingerprint density at radius 1 is 0.644 bits per heavy atom. The molecule has 0 radical (unpaired) electrons. The van der Waals surface area contributed by atoms with Crippen LogP contribution in [0.3, 0.4) is 0 Å². The number of nitrogens with zero attached hydrogens (tertiary/aromatic N) is 4. The Hall–Kier alpha value is -3.77. The van der Waals surface area contributed by atoms with Crippen molar-refractivity contribution in [1.82, 2.24) is 19.2 Å². The summed E-state index contributed by atoms with van der Waals surface area (Å²) < 4.78 is 48.1. The number of alkyl halides is 3. The Bertz CT molecular complexity index is 2010. The van der Waals surface area contributed by atoms with E-state index in [1.54, 1.807) is 12.1 Å². The van der Waals surface area contributed by atoms with Gasteiger partial charge in [-0.05, 0) is 100 Å². The summed E-state index contributed by atoms with van der Waals surface area (Å²) in [5.74, 6) is -0.00554. The molecule has 0 atom stereocenters. The molecular weight excluding hydrogens is 664 g/mol. The van der Waals surface area contributed by atoms with Gasteiger partial charge in [0.25, 0.3) is 0 Å². The van der Waals surface area contributed by atoms with Crippen LogP contribution in [0.2, 0.25) is 10.0 Å². The van der Waals surface area contributed by atoms with E-state index in [1.807, 2.05) is 49.4 Å². The molecule has 0 saturated heterocycles. The Labute approximate surface area is 274 Å². The summed E-state index contributed by atoms with van der Waals surface area (Å²) in [5.41, 5.74) is 4.75. The molecule has 0 saturated carbocycles. The second kappa shape index (κ2) is 14.1. The number of hydrogen-bond donors (Lipinski definition) is 0. The number of Topliss-reactive ketones (excluding diaryl/α,β-unsaturated/α-hetero) is 2. The van der Waals surface area contributed by atoms with E-state index < -0.39 is 11.7 Å². The Kier molecular flexibility index (Phi) is 10.2. The van der Waals surface area contributed by atoms with Crippen LogP contribution < -0.4 is 0 Å². The quantitative estimate of drug-likeness (QED) is 0.159. The van der Waals surface area contributed by atoms with E-state index in [0.717, 1.165) is 48.8 Å². The third-order valence-corrected chi connectivity index (χ3v) is 8.91. The first-order valence-corrected chi connectivity index (χ1v) is 15.8. The molecule has 0 N–H and O–H groups in total. The van der Waals surface area contributed by atoms with Gasteiger partial charge in [0.2, 0.25) is 0 Å². The molecule has 0 unspecified atom stereocenters. The fourth-order valence-electron chi connectivity index (χ4n) is 4.55. The third kappa shape index (κ3) is 8.70. The summed E-state index contributed by atoms with van der Waals surface area (Å²) in [6.07, 6.45) is -3.67. The van der Waals surface area contributed by atoms with Crippen LogP contribution in [0.5, 0.6) is 0 Å². The molecule has 0 aliphatic heterocycles. The summed E-state index contributed by atoms with van der Waals surface area (Å²) in [7, 11) is 0. The van der Waals surface area contributed by atoms with E-state index in [0.29, 0.717) is 17.9 Å². The van der Waals surface area contributed by atoms with Gasteiger partial charge in [-0.3, -0.25) is 9.59 Å². The van der Waals surface area contributed by atoms with Crippen LogP contribution in [0.1, 0.15) is 33.4 Å². The molecule has 0 bridgehead atoms. The molecular formula is C32H23Cl2F3N4O2S2. The molecule has 0 aliphatic rings. The molecule has 13 heteroatoms. The van der Waals surface area contributed by atoms with Crippen molar-refractivity contribution in [1.29, 1.82) is 0 Å². The van der Waals surface area contributed by atoms with Gasteiger partial charge in [0.05, 0.1) is 20.0 Å². The van der Waals surface area contributed by atoms with Crippen molar-refractivity contribution in [3.63, 3.8) is 0 Å². The lowest BCUT2D eigenvalue weighted by atomic mass is 10.0. The van der Waals surface area contributed by atoms with Crippen LogP contribution in [-0.4, -0.2) is 30.7 Å². The number of rotatable bonds is 8. The van der Waals surface area contributed by atoms with Crippen LogP contribution in [-0.2, 0) is 41.4 Å². The zero-order chi connectivity index (χ0) is 32.1. The largest absolute Gasteiger partial charge is 0.417 e. The van der Waals surface area contributed by atoms with Gasteiger partial charge in [0, 0.05) is 30.7 Å². The summed E-state index contributed by atoms with van der Waals surface area (Å²) >= 11 is 14.2. The van der Waals surface area contributed by atoms with Gasteiger partial charge in [-0.15, -0.1) is 10.2 Å². The van der Waals surface area contributed by atoms with Crippen LogP contribution >= 0.6 is 46.3 Å². The van der Waals surface area contributed by atoms with E-state index in [-0.39, 0.29) is 35.0 Å². The summed E-state index contributed by atoms with van der Waals surface area (Å²) in [4.78, 5) is 24.3. The molecule has 0 aliphatic carbocycles. The maximum Gasteiger partial charge on any atom is 0.417 e. The van der Waals surface area contributed by atoms with Crippen molar-refractivity contribution in [2.75, 3.05) is 0 Å². The molecule has 6 aromatic rings. The Morgan fingerprint density at radius 2 is 1.09 bits per heavy atom. The lowest BCUT2D eigenvalue weighted by molar-refractivity contribution is -0.137. The lowest BCUT2D eigenvalue weighted by Gasteiger charge is -2.10. The minimum Gasteiger partial charge on any atom is -0.299 e. The highest BCUT2D eigenvalue weighted by atomic mass is 35.5. The van der Waals surface area contributed by atoms with Crippen molar-refractivity contribution in [3.05, 3.63) is 116 Å². The van der Waals surface area contributed by atoms with Crippen molar-refractivity contribution in [3.8, 4) is 0 Å². The predicted molar refractivity (Wildman–Crippen MR) is 172 cm³/mol. The first-order valence-electron chi connectivity index (χ1n) is 13.5. The number of benzene rings is 4. The predicted octanol–water partition coefficient (Wildman–Crippen LogP) is 8.73. The van der Waals surface area contributed by atoms with Gasteiger partial charge < -0.3 is 0 Å². The third-order valence-electron chi connectivity index (χ3n) is 6.80. The highest BCUT2D eigenvalue weighted by Crippen LogP contribution is 2.35. The summed E-state index contributed by atoms with van der Waals surface area (Å²) in [5, 5.41) is 8.24. The number of fused-ring (bicyclic) bond motifs is 2. The van der Waals surface area contributed by atoms with Crippen LogP contribution in [0, 0.1) is 6.92 Å². The number of aromatic nitrogens is 4. The van der Waals surface area contributed by atoms with E-state index in [4.69, 9.17) is 23.2 Å². The zero-order valence-corrected chi connectivity index (χ0v) is 26.7. The fourth-order valence-corrected chi connectivity index (χ4v) is 6.22. The van der Waals surface area contributed by atoms with Crippen molar-refractivity contribution in [2.45, 2.75) is 38.8 Å². The molecule has 2 heterocycles. The van der Waals surface area contributed by atoms with Gasteiger partial charge >= 0.3 is 6.18 Å². The summed E-state index contributed by atoms with van der Waals surface area (Å²) in [6, 6.07) is 20.5. The van der Waals surface area contributed by atoms with Gasteiger partial charge in [0.15, 0.2) is 0 Å². The standard InChI is InChI=1S/C16H10ClF3N2OS.C16H13ClN2OS/c17-13-3-1-9(7-12(13)16(18,19)20)5-11(23)6-10-2-4-14-15(8-10)24-22-21-14;1-10-2-3-11(8-14(10)17)6-13(20)7-12-4-5-15-16(9-12)21-19-18-15/h1-4,7-8H,5-6H2;2-5,8-9H,6-7H2,1H3. The summed E-state index contributed by atoms with van der Waals surface area (Å²) in [6.45, 7) is 1.95. The first kappa shape index (κ1) is 32.6. The normalized spacial score (nSPS) is 11.4. The van der Waals surface area contributed by atoms with Gasteiger partial charge in [-0.25, -0.2) is 0 Å². The van der Waals surface area contributed by atoms with Crippen LogP contribution in [0.15, 0.2) is 72.8 Å². The average Bonchev–Trinajstić information content (AvgIpc) is 3.65. The molecule has 0 amide bonds. The molecule has 6 rings (SSSR count). The SMILES string of the molecule is Cc1ccc(CC(=O)Cc2ccc3nnsc3c2)cc1Cl.O=C(Cc1ccc(Cl)c(C(F)(F)F)c1)Cc1ccc2nnsc2c1. The number of aryl methyl sites for hydroxylation is 1. The average molecular weight is 688 g/mol. The van der Waals surface area contributed by atoms with Gasteiger partial charge in [-0.1, -0.05) is 62.5 Å². The van der Waals surface area contributed by atoms with E-state index in [1.165, 1.54) is 35.2 Å². The number of carbonyl (C=O) groups is 2. The maximum atomic E-state index is 12.9. The highest BCUT2D eigenvalue weighted by molar-refractivity contribution is 7.13.